The lowest BCUT2D eigenvalue weighted by Gasteiger charge is -2.51. The quantitative estimate of drug-likeness (QED) is 0.163. The fourth-order valence-electron chi connectivity index (χ4n) is 5.30. The number of methoxy groups -OCH3 is 1. The normalized spacial score (nSPS) is 24.5. The van der Waals surface area contributed by atoms with Gasteiger partial charge in [0.25, 0.3) is 0 Å². The van der Waals surface area contributed by atoms with Crippen molar-refractivity contribution in [2.45, 2.75) is 110 Å². The van der Waals surface area contributed by atoms with E-state index in [1.165, 1.54) is 0 Å². The number of unbranched alkanes of at least 4 members (excludes halogenated alkanes) is 3. The molecule has 1 heterocycles. The van der Waals surface area contributed by atoms with Gasteiger partial charge in [0.05, 0.1) is 12.7 Å². The zero-order chi connectivity index (χ0) is 29.7. The molecular formula is C34H51ClO6. The van der Waals surface area contributed by atoms with Crippen LogP contribution in [0.2, 0.25) is 5.02 Å². The molecule has 2 aromatic rings. The maximum Gasteiger partial charge on any atom is 0.224 e. The number of hydrogen-bond acceptors (Lipinski definition) is 6. The zero-order valence-corrected chi connectivity index (χ0v) is 26.7. The summed E-state index contributed by atoms with van der Waals surface area (Å²) in [4.78, 5) is 0. The summed E-state index contributed by atoms with van der Waals surface area (Å²) in [5.74, 6) is -0.330. The Kier molecular flexibility index (Phi) is 14.4. The van der Waals surface area contributed by atoms with E-state index in [1.807, 2.05) is 38.1 Å². The minimum Gasteiger partial charge on any atom is -0.494 e. The molecule has 6 nitrogen and oxygen atoms in total. The molecule has 0 spiro atoms. The van der Waals surface area contributed by atoms with Crippen LogP contribution in [0.4, 0.5) is 0 Å². The fourth-order valence-corrected chi connectivity index (χ4v) is 5.48. The van der Waals surface area contributed by atoms with Crippen LogP contribution in [-0.2, 0) is 35.9 Å². The van der Waals surface area contributed by atoms with Crippen molar-refractivity contribution in [1.82, 2.24) is 0 Å². The first-order chi connectivity index (χ1) is 19.9. The summed E-state index contributed by atoms with van der Waals surface area (Å²) >= 11 is 6.75. The van der Waals surface area contributed by atoms with E-state index in [1.54, 1.807) is 7.11 Å². The third-order valence-corrected chi connectivity index (χ3v) is 7.98. The van der Waals surface area contributed by atoms with Gasteiger partial charge in [0.15, 0.2) is 0 Å². The third kappa shape index (κ3) is 8.92. The number of ether oxygens (including phenoxy) is 6. The molecule has 0 radical (unpaired) electrons. The minimum atomic E-state index is -1.19. The molecule has 0 aromatic heterocycles. The van der Waals surface area contributed by atoms with Crippen molar-refractivity contribution >= 4 is 11.6 Å². The topological polar surface area (TPSA) is 55.4 Å². The number of rotatable bonds is 18. The summed E-state index contributed by atoms with van der Waals surface area (Å²) in [5, 5.41) is 0.692. The van der Waals surface area contributed by atoms with E-state index in [2.05, 4.69) is 39.0 Å². The molecule has 1 aliphatic rings. The first-order valence-electron chi connectivity index (χ1n) is 15.5. The maximum absolute atomic E-state index is 6.81. The largest absolute Gasteiger partial charge is 0.494 e. The van der Waals surface area contributed by atoms with Crippen molar-refractivity contribution in [3.8, 4) is 5.75 Å². The van der Waals surface area contributed by atoms with E-state index in [4.69, 9.17) is 40.0 Å². The van der Waals surface area contributed by atoms with Crippen molar-refractivity contribution in [1.29, 1.82) is 0 Å². The van der Waals surface area contributed by atoms with Crippen LogP contribution in [0.25, 0.3) is 0 Å². The first-order valence-corrected chi connectivity index (χ1v) is 15.9. The number of halogens is 1. The van der Waals surface area contributed by atoms with Crippen molar-refractivity contribution in [2.24, 2.45) is 0 Å². The molecule has 0 bridgehead atoms. The van der Waals surface area contributed by atoms with Gasteiger partial charge < -0.3 is 28.4 Å². The third-order valence-electron chi connectivity index (χ3n) is 7.61. The predicted molar refractivity (Wildman–Crippen MR) is 165 cm³/mol. The Labute approximate surface area is 252 Å². The van der Waals surface area contributed by atoms with Gasteiger partial charge in [-0.25, -0.2) is 0 Å². The van der Waals surface area contributed by atoms with Gasteiger partial charge in [-0.3, -0.25) is 0 Å². The summed E-state index contributed by atoms with van der Waals surface area (Å²) in [6.45, 7) is 13.0. The van der Waals surface area contributed by atoms with Crippen LogP contribution in [0.1, 0.15) is 89.8 Å². The van der Waals surface area contributed by atoms with Crippen LogP contribution in [0.15, 0.2) is 42.5 Å². The summed E-state index contributed by atoms with van der Waals surface area (Å²) < 4.78 is 38.4. The highest BCUT2D eigenvalue weighted by atomic mass is 35.5. The second-order valence-electron chi connectivity index (χ2n) is 10.8. The smallest absolute Gasteiger partial charge is 0.224 e. The molecule has 0 saturated carbocycles. The zero-order valence-electron chi connectivity index (χ0n) is 26.0. The lowest BCUT2D eigenvalue weighted by Crippen LogP contribution is -2.65. The van der Waals surface area contributed by atoms with Crippen LogP contribution >= 0.6 is 11.6 Å². The lowest BCUT2D eigenvalue weighted by atomic mass is 9.86. The Bertz CT molecular complexity index is 1010. The molecule has 3 rings (SSSR count). The van der Waals surface area contributed by atoms with Gasteiger partial charge in [0, 0.05) is 37.5 Å². The van der Waals surface area contributed by atoms with Gasteiger partial charge >= 0.3 is 0 Å². The van der Waals surface area contributed by atoms with E-state index in [-0.39, 0.29) is 18.3 Å². The van der Waals surface area contributed by atoms with Gasteiger partial charge in [0.2, 0.25) is 5.79 Å². The highest BCUT2D eigenvalue weighted by Gasteiger charge is 2.57. The van der Waals surface area contributed by atoms with E-state index in [9.17, 15) is 0 Å². The molecule has 0 amide bonds. The predicted octanol–water partition coefficient (Wildman–Crippen LogP) is 8.10. The molecule has 5 unspecified atom stereocenters. The Balaban J connectivity index is 2.01. The van der Waals surface area contributed by atoms with Crippen LogP contribution in [-0.4, -0.2) is 58.0 Å². The molecule has 5 atom stereocenters. The van der Waals surface area contributed by atoms with E-state index in [0.717, 1.165) is 61.0 Å². The average molecular weight is 591 g/mol. The monoisotopic (exact) mass is 590 g/mol. The highest BCUT2D eigenvalue weighted by molar-refractivity contribution is 6.31. The van der Waals surface area contributed by atoms with Gasteiger partial charge in [-0.15, -0.1) is 0 Å². The van der Waals surface area contributed by atoms with E-state index >= 15 is 0 Å². The molecule has 230 valence electrons. The molecule has 41 heavy (non-hydrogen) atoms. The molecule has 1 saturated heterocycles. The molecule has 0 aliphatic carbocycles. The molecule has 7 heteroatoms. The SMILES string of the molecule is CCCCOC1C(C)OC(OC)(c2ccc(Cl)c(Cc3ccc(OCC)cc3)c2)C(OCCCC)C1OCCCC. The van der Waals surface area contributed by atoms with Gasteiger partial charge in [0.1, 0.15) is 24.1 Å². The molecule has 1 fully saturated rings. The van der Waals surface area contributed by atoms with Crippen molar-refractivity contribution < 1.29 is 28.4 Å². The molecule has 2 aromatic carbocycles. The Hall–Kier alpha value is -1.67. The van der Waals surface area contributed by atoms with Crippen LogP contribution in [0.3, 0.4) is 0 Å². The Morgan fingerprint density at radius 2 is 1.41 bits per heavy atom. The van der Waals surface area contributed by atoms with Crippen molar-refractivity contribution in [3.63, 3.8) is 0 Å². The summed E-state index contributed by atoms with van der Waals surface area (Å²) in [6.07, 6.45) is 5.21. The van der Waals surface area contributed by atoms with Gasteiger partial charge in [-0.1, -0.05) is 69.8 Å². The standard InChI is InChI=1S/C34H51ClO6/c1-7-11-20-38-31-25(5)41-34(36-6,33(40-22-13-9-3)32(31)39-21-12-8-2)28-16-19-30(35)27(24-28)23-26-14-17-29(18-15-26)37-10-4/h14-19,24-25,31-33H,7-13,20-23H2,1-6H3. The number of hydrogen-bond donors (Lipinski definition) is 0. The summed E-state index contributed by atoms with van der Waals surface area (Å²) in [6, 6.07) is 14.1. The van der Waals surface area contributed by atoms with Crippen LogP contribution in [0.5, 0.6) is 5.75 Å². The number of benzene rings is 2. The van der Waals surface area contributed by atoms with Crippen molar-refractivity contribution in [3.05, 3.63) is 64.2 Å². The Morgan fingerprint density at radius 3 is 2.00 bits per heavy atom. The second-order valence-corrected chi connectivity index (χ2v) is 11.2. The first kappa shape index (κ1) is 33.8. The van der Waals surface area contributed by atoms with Gasteiger partial charge in [-0.2, -0.15) is 0 Å². The highest BCUT2D eigenvalue weighted by Crippen LogP contribution is 2.44. The molecule has 0 N–H and O–H groups in total. The summed E-state index contributed by atoms with van der Waals surface area (Å²) in [7, 11) is 1.69. The Morgan fingerprint density at radius 1 is 0.805 bits per heavy atom. The second kappa shape index (κ2) is 17.4. The minimum absolute atomic E-state index is 0.274. The van der Waals surface area contributed by atoms with Gasteiger partial charge in [-0.05, 0) is 74.9 Å². The van der Waals surface area contributed by atoms with Crippen LogP contribution < -0.4 is 4.74 Å². The lowest BCUT2D eigenvalue weighted by molar-refractivity contribution is -0.375. The van der Waals surface area contributed by atoms with Crippen molar-refractivity contribution in [2.75, 3.05) is 33.5 Å². The van der Waals surface area contributed by atoms with Crippen LogP contribution in [0, 0.1) is 0 Å². The molecular weight excluding hydrogens is 540 g/mol. The fraction of sp³-hybridized carbons (Fsp3) is 0.647. The summed E-state index contributed by atoms with van der Waals surface area (Å²) in [5.41, 5.74) is 2.98. The maximum atomic E-state index is 6.81. The van der Waals surface area contributed by atoms with E-state index in [0.29, 0.717) is 37.9 Å². The van der Waals surface area contributed by atoms with E-state index < -0.39 is 11.9 Å². The molecule has 1 aliphatic heterocycles. The average Bonchev–Trinajstić information content (AvgIpc) is 2.97.